The zero-order valence-electron chi connectivity index (χ0n) is 17.5. The topological polar surface area (TPSA) is 66.0 Å². The van der Waals surface area contributed by atoms with Gasteiger partial charge in [-0.1, -0.05) is 36.3 Å². The van der Waals surface area contributed by atoms with Crippen LogP contribution in [0.1, 0.15) is 29.7 Å². The van der Waals surface area contributed by atoms with Gasteiger partial charge in [0.1, 0.15) is 12.6 Å². The van der Waals surface area contributed by atoms with E-state index in [0.717, 1.165) is 18.7 Å². The van der Waals surface area contributed by atoms with Crippen molar-refractivity contribution >= 4 is 17.6 Å². The number of guanidine groups is 1. The van der Waals surface area contributed by atoms with E-state index in [1.807, 2.05) is 37.3 Å². The van der Waals surface area contributed by atoms with Crippen LogP contribution in [0.4, 0.5) is 5.69 Å². The van der Waals surface area contributed by atoms with Gasteiger partial charge in [0.05, 0.1) is 13.2 Å². The zero-order valence-corrected chi connectivity index (χ0v) is 17.5. The Balaban J connectivity index is 1.66. The number of terminal acetylenes is 1. The Labute approximate surface area is 178 Å². The van der Waals surface area contributed by atoms with Gasteiger partial charge < -0.3 is 20.3 Å². The van der Waals surface area contributed by atoms with E-state index in [-0.39, 0.29) is 18.6 Å². The van der Waals surface area contributed by atoms with Gasteiger partial charge in [-0.25, -0.2) is 4.99 Å². The third-order valence-corrected chi connectivity index (χ3v) is 4.92. The number of rotatable bonds is 5. The van der Waals surface area contributed by atoms with Gasteiger partial charge in [-0.15, -0.1) is 6.42 Å². The van der Waals surface area contributed by atoms with Gasteiger partial charge in [0, 0.05) is 24.3 Å². The lowest BCUT2D eigenvalue weighted by Gasteiger charge is -2.35. The Kier molecular flexibility index (Phi) is 7.47. The fraction of sp³-hybridized carbons (Fsp3) is 0.333. The first-order chi connectivity index (χ1) is 14.6. The van der Waals surface area contributed by atoms with Crippen molar-refractivity contribution in [1.82, 2.24) is 10.2 Å². The lowest BCUT2D eigenvalue weighted by molar-refractivity contribution is -0.114. The SMILES string of the molecule is C#Cc1cccc(NC(=O)CN=C(NCC)N2CCOC(c3ccccc3C)C2)c1. The van der Waals surface area contributed by atoms with Gasteiger partial charge in [0.2, 0.25) is 5.91 Å². The highest BCUT2D eigenvalue weighted by Crippen LogP contribution is 2.25. The van der Waals surface area contributed by atoms with E-state index in [9.17, 15) is 4.79 Å². The van der Waals surface area contributed by atoms with Crippen molar-refractivity contribution in [2.24, 2.45) is 4.99 Å². The molecule has 1 heterocycles. The minimum atomic E-state index is -0.191. The van der Waals surface area contributed by atoms with Crippen LogP contribution in [0.15, 0.2) is 53.5 Å². The average Bonchev–Trinajstić information content (AvgIpc) is 2.77. The monoisotopic (exact) mass is 404 g/mol. The van der Waals surface area contributed by atoms with Gasteiger partial charge in [-0.3, -0.25) is 4.79 Å². The van der Waals surface area contributed by atoms with Crippen LogP contribution in [0.2, 0.25) is 0 Å². The molecule has 1 aliphatic heterocycles. The highest BCUT2D eigenvalue weighted by atomic mass is 16.5. The summed E-state index contributed by atoms with van der Waals surface area (Å²) in [4.78, 5) is 19.1. The van der Waals surface area contributed by atoms with Crippen LogP contribution in [0.25, 0.3) is 0 Å². The smallest absolute Gasteiger partial charge is 0.246 e. The van der Waals surface area contributed by atoms with Crippen LogP contribution in [-0.4, -0.2) is 49.6 Å². The fourth-order valence-corrected chi connectivity index (χ4v) is 3.44. The molecule has 0 radical (unpaired) electrons. The fourth-order valence-electron chi connectivity index (χ4n) is 3.44. The number of amides is 1. The summed E-state index contributed by atoms with van der Waals surface area (Å²) >= 11 is 0. The molecular formula is C24H28N4O2. The predicted octanol–water partition coefficient (Wildman–Crippen LogP) is 2.95. The molecule has 6 nitrogen and oxygen atoms in total. The molecule has 6 heteroatoms. The number of nitrogens with one attached hydrogen (secondary N) is 2. The molecule has 1 unspecified atom stereocenters. The van der Waals surface area contributed by atoms with Crippen LogP contribution < -0.4 is 10.6 Å². The summed E-state index contributed by atoms with van der Waals surface area (Å²) in [6.45, 7) is 6.86. The van der Waals surface area contributed by atoms with Gasteiger partial charge in [0.15, 0.2) is 5.96 Å². The molecule has 2 N–H and O–H groups in total. The van der Waals surface area contributed by atoms with Crippen molar-refractivity contribution < 1.29 is 9.53 Å². The molecule has 1 atom stereocenters. The molecule has 0 saturated carbocycles. The second-order valence-electron chi connectivity index (χ2n) is 7.11. The molecule has 0 aromatic heterocycles. The number of hydrogen-bond donors (Lipinski definition) is 2. The lowest BCUT2D eigenvalue weighted by atomic mass is 10.0. The van der Waals surface area contributed by atoms with Gasteiger partial charge in [0.25, 0.3) is 0 Å². The number of aliphatic imine (C=N–C) groups is 1. The molecule has 1 amide bonds. The second kappa shape index (κ2) is 10.5. The van der Waals surface area contributed by atoms with E-state index in [2.05, 4.69) is 45.5 Å². The molecular weight excluding hydrogens is 376 g/mol. The largest absolute Gasteiger partial charge is 0.370 e. The molecule has 2 aromatic carbocycles. The van der Waals surface area contributed by atoms with E-state index in [4.69, 9.17) is 11.2 Å². The highest BCUT2D eigenvalue weighted by molar-refractivity contribution is 5.94. The Bertz CT molecular complexity index is 948. The van der Waals surface area contributed by atoms with Gasteiger partial charge in [-0.2, -0.15) is 0 Å². The van der Waals surface area contributed by atoms with Crippen LogP contribution in [0.5, 0.6) is 0 Å². The standard InChI is InChI=1S/C24H28N4O2/c1-4-19-10-8-11-20(15-19)27-23(29)16-26-24(25-5-2)28-13-14-30-22(17-28)21-12-7-6-9-18(21)3/h1,6-12,15,22H,5,13-14,16-17H2,2-3H3,(H,25,26)(H,27,29). The third-order valence-electron chi connectivity index (χ3n) is 4.92. The Hall–Kier alpha value is -3.30. The number of benzene rings is 2. The molecule has 1 saturated heterocycles. The van der Waals surface area contributed by atoms with Gasteiger partial charge >= 0.3 is 0 Å². The van der Waals surface area contributed by atoms with Crippen LogP contribution in [-0.2, 0) is 9.53 Å². The summed E-state index contributed by atoms with van der Waals surface area (Å²) in [6.07, 6.45) is 5.39. The van der Waals surface area contributed by atoms with Crippen molar-refractivity contribution in [2.45, 2.75) is 20.0 Å². The molecule has 30 heavy (non-hydrogen) atoms. The first-order valence-electron chi connectivity index (χ1n) is 10.2. The summed E-state index contributed by atoms with van der Waals surface area (Å²) in [5, 5.41) is 6.14. The Morgan fingerprint density at radius 3 is 2.90 bits per heavy atom. The third kappa shape index (κ3) is 5.62. The van der Waals surface area contributed by atoms with Crippen molar-refractivity contribution in [3.63, 3.8) is 0 Å². The first kappa shape index (κ1) is 21.4. The first-order valence-corrected chi connectivity index (χ1v) is 10.2. The van der Waals surface area contributed by atoms with Crippen LogP contribution >= 0.6 is 0 Å². The predicted molar refractivity (Wildman–Crippen MR) is 120 cm³/mol. The van der Waals surface area contributed by atoms with E-state index >= 15 is 0 Å². The molecule has 0 aliphatic carbocycles. The number of nitrogens with zero attached hydrogens (tertiary/aromatic N) is 2. The van der Waals surface area contributed by atoms with Gasteiger partial charge in [-0.05, 0) is 43.2 Å². The van der Waals surface area contributed by atoms with Crippen molar-refractivity contribution in [1.29, 1.82) is 0 Å². The number of anilines is 1. The number of carbonyl (C=O) groups is 1. The average molecular weight is 405 g/mol. The van der Waals surface area contributed by atoms with E-state index in [1.54, 1.807) is 6.07 Å². The van der Waals surface area contributed by atoms with E-state index in [1.165, 1.54) is 11.1 Å². The van der Waals surface area contributed by atoms with Crippen LogP contribution in [0.3, 0.4) is 0 Å². The molecule has 0 spiro atoms. The van der Waals surface area contributed by atoms with Crippen molar-refractivity contribution in [2.75, 3.05) is 38.1 Å². The zero-order chi connectivity index (χ0) is 21.3. The molecule has 3 rings (SSSR count). The molecule has 1 fully saturated rings. The number of aryl methyl sites for hydroxylation is 1. The van der Waals surface area contributed by atoms with E-state index < -0.39 is 0 Å². The summed E-state index contributed by atoms with van der Waals surface area (Å²) in [5.41, 5.74) is 3.78. The number of ether oxygens (including phenoxy) is 1. The minimum Gasteiger partial charge on any atom is -0.370 e. The summed E-state index contributed by atoms with van der Waals surface area (Å²) in [5.74, 6) is 3.09. The summed E-state index contributed by atoms with van der Waals surface area (Å²) in [7, 11) is 0. The van der Waals surface area contributed by atoms with Crippen molar-refractivity contribution in [3.8, 4) is 12.3 Å². The number of morpholine rings is 1. The lowest BCUT2D eigenvalue weighted by Crippen LogP contribution is -2.48. The Morgan fingerprint density at radius 2 is 2.13 bits per heavy atom. The highest BCUT2D eigenvalue weighted by Gasteiger charge is 2.25. The Morgan fingerprint density at radius 1 is 1.30 bits per heavy atom. The molecule has 2 aromatic rings. The summed E-state index contributed by atoms with van der Waals surface area (Å²) < 4.78 is 6.01. The number of carbonyl (C=O) groups excluding carboxylic acids is 1. The van der Waals surface area contributed by atoms with Crippen LogP contribution in [0, 0.1) is 19.3 Å². The van der Waals surface area contributed by atoms with Crippen molar-refractivity contribution in [3.05, 3.63) is 65.2 Å². The minimum absolute atomic E-state index is 0.0228. The summed E-state index contributed by atoms with van der Waals surface area (Å²) in [6, 6.07) is 15.5. The number of hydrogen-bond acceptors (Lipinski definition) is 3. The quantitative estimate of drug-likeness (QED) is 0.457. The maximum atomic E-state index is 12.4. The second-order valence-corrected chi connectivity index (χ2v) is 7.11. The molecule has 156 valence electrons. The maximum absolute atomic E-state index is 12.4. The maximum Gasteiger partial charge on any atom is 0.246 e. The van der Waals surface area contributed by atoms with E-state index in [0.29, 0.717) is 24.8 Å². The normalized spacial score (nSPS) is 16.6. The molecule has 1 aliphatic rings. The molecule has 0 bridgehead atoms.